The summed E-state index contributed by atoms with van der Waals surface area (Å²) in [6, 6.07) is 18.5. The minimum Gasteiger partial charge on any atom is -0.489 e. The molecule has 0 amide bonds. The van der Waals surface area contributed by atoms with Crippen LogP contribution in [0.1, 0.15) is 22.8 Å². The highest BCUT2D eigenvalue weighted by Crippen LogP contribution is 2.21. The second-order valence-electron chi connectivity index (χ2n) is 7.90. The Balaban J connectivity index is 1.24. The molecule has 0 spiro atoms. The summed E-state index contributed by atoms with van der Waals surface area (Å²) in [7, 11) is 3.75. The number of aromatic nitrogens is 2. The van der Waals surface area contributed by atoms with Crippen LogP contribution in [-0.4, -0.2) is 53.9 Å². The zero-order valence-electron chi connectivity index (χ0n) is 18.8. The Labute approximate surface area is 189 Å². The lowest BCUT2D eigenvalue weighted by Crippen LogP contribution is -2.48. The van der Waals surface area contributed by atoms with Gasteiger partial charge in [0.15, 0.2) is 5.96 Å². The number of morpholine rings is 1. The fourth-order valence-corrected chi connectivity index (χ4v) is 3.79. The second kappa shape index (κ2) is 10.8. The van der Waals surface area contributed by atoms with Gasteiger partial charge in [0.2, 0.25) is 0 Å². The summed E-state index contributed by atoms with van der Waals surface area (Å²) in [6.07, 6.45) is 4.81. The third-order valence-corrected chi connectivity index (χ3v) is 5.54. The maximum Gasteiger partial charge on any atom is 0.193 e. The van der Waals surface area contributed by atoms with Gasteiger partial charge in [-0.2, -0.15) is 5.10 Å². The third-order valence-electron chi connectivity index (χ3n) is 5.54. The molecule has 1 atom stereocenters. The van der Waals surface area contributed by atoms with Gasteiger partial charge in [0, 0.05) is 38.9 Å². The van der Waals surface area contributed by atoms with E-state index in [2.05, 4.69) is 44.6 Å². The number of benzene rings is 2. The largest absolute Gasteiger partial charge is 0.489 e. The maximum absolute atomic E-state index is 5.95. The standard InChI is InChI=1S/C25H31N5O2/c1-26-25(30-14-15-31-24(18-30)22-16-28-29(2)17-22)27-13-12-20-8-10-23(11-9-20)32-19-21-6-4-3-5-7-21/h3-11,16-17,24H,12-15,18-19H2,1-2H3,(H,26,27). The van der Waals surface area contributed by atoms with Crippen LogP contribution in [0.3, 0.4) is 0 Å². The smallest absolute Gasteiger partial charge is 0.193 e. The van der Waals surface area contributed by atoms with Crippen molar-refractivity contribution in [3.05, 3.63) is 83.7 Å². The first kappa shape index (κ1) is 21.9. The molecule has 7 heteroatoms. The van der Waals surface area contributed by atoms with E-state index in [-0.39, 0.29) is 6.10 Å². The van der Waals surface area contributed by atoms with Crippen molar-refractivity contribution in [3.63, 3.8) is 0 Å². The van der Waals surface area contributed by atoms with E-state index in [9.17, 15) is 0 Å². The highest BCUT2D eigenvalue weighted by molar-refractivity contribution is 5.80. The Morgan fingerprint density at radius 1 is 1.16 bits per heavy atom. The molecule has 2 aromatic carbocycles. The number of rotatable bonds is 7. The molecule has 7 nitrogen and oxygen atoms in total. The highest BCUT2D eigenvalue weighted by Gasteiger charge is 2.25. The van der Waals surface area contributed by atoms with Crippen molar-refractivity contribution >= 4 is 5.96 Å². The van der Waals surface area contributed by atoms with Gasteiger partial charge in [-0.1, -0.05) is 42.5 Å². The SMILES string of the molecule is CN=C(NCCc1ccc(OCc2ccccc2)cc1)N1CCOC(c2cnn(C)c2)C1. The van der Waals surface area contributed by atoms with Crippen LogP contribution in [0.25, 0.3) is 0 Å². The van der Waals surface area contributed by atoms with Crippen molar-refractivity contribution in [1.82, 2.24) is 20.0 Å². The molecular weight excluding hydrogens is 402 g/mol. The lowest BCUT2D eigenvalue weighted by molar-refractivity contribution is -0.00800. The molecule has 0 radical (unpaired) electrons. The third kappa shape index (κ3) is 5.88. The predicted octanol–water partition coefficient (Wildman–Crippen LogP) is 3.19. The minimum absolute atomic E-state index is 0.0134. The molecule has 1 aliphatic rings. The van der Waals surface area contributed by atoms with Crippen LogP contribution in [0.15, 0.2) is 72.0 Å². The second-order valence-corrected chi connectivity index (χ2v) is 7.90. The van der Waals surface area contributed by atoms with Crippen LogP contribution in [0, 0.1) is 0 Å². The van der Waals surface area contributed by atoms with Gasteiger partial charge in [-0.25, -0.2) is 0 Å². The molecule has 168 valence electrons. The molecule has 1 fully saturated rings. The monoisotopic (exact) mass is 433 g/mol. The van der Waals surface area contributed by atoms with Crippen molar-refractivity contribution in [3.8, 4) is 5.75 Å². The Bertz CT molecular complexity index is 1000. The molecule has 0 saturated carbocycles. The molecule has 1 N–H and O–H groups in total. The molecular formula is C25H31N5O2. The number of ether oxygens (including phenoxy) is 2. The van der Waals surface area contributed by atoms with Gasteiger partial charge in [-0.15, -0.1) is 0 Å². The highest BCUT2D eigenvalue weighted by atomic mass is 16.5. The fourth-order valence-electron chi connectivity index (χ4n) is 3.79. The van der Waals surface area contributed by atoms with Gasteiger partial charge in [-0.05, 0) is 29.7 Å². The lowest BCUT2D eigenvalue weighted by Gasteiger charge is -2.34. The Morgan fingerprint density at radius 2 is 1.97 bits per heavy atom. The number of hydrogen-bond donors (Lipinski definition) is 1. The zero-order valence-corrected chi connectivity index (χ0v) is 18.8. The number of aryl methyl sites for hydroxylation is 1. The molecule has 1 aromatic heterocycles. The van der Waals surface area contributed by atoms with Gasteiger partial charge in [-0.3, -0.25) is 9.67 Å². The summed E-state index contributed by atoms with van der Waals surface area (Å²) < 4.78 is 13.6. The van der Waals surface area contributed by atoms with Crippen molar-refractivity contribution in [1.29, 1.82) is 0 Å². The average Bonchev–Trinajstić information content (AvgIpc) is 3.28. The molecule has 4 rings (SSSR count). The van der Waals surface area contributed by atoms with E-state index >= 15 is 0 Å². The van der Waals surface area contributed by atoms with E-state index in [1.807, 2.05) is 61.5 Å². The molecule has 1 saturated heterocycles. The van der Waals surface area contributed by atoms with Crippen molar-refractivity contribution in [2.45, 2.75) is 19.1 Å². The van der Waals surface area contributed by atoms with E-state index in [0.29, 0.717) is 13.2 Å². The van der Waals surface area contributed by atoms with E-state index in [1.165, 1.54) is 11.1 Å². The molecule has 32 heavy (non-hydrogen) atoms. The van der Waals surface area contributed by atoms with E-state index in [1.54, 1.807) is 0 Å². The van der Waals surface area contributed by atoms with E-state index in [0.717, 1.165) is 43.3 Å². The number of nitrogens with zero attached hydrogens (tertiary/aromatic N) is 4. The zero-order chi connectivity index (χ0) is 22.2. The van der Waals surface area contributed by atoms with E-state index in [4.69, 9.17) is 9.47 Å². The Kier molecular flexibility index (Phi) is 7.40. The molecule has 2 heterocycles. The first-order valence-electron chi connectivity index (χ1n) is 11.0. The number of aliphatic imine (C=N–C) groups is 1. The summed E-state index contributed by atoms with van der Waals surface area (Å²) in [5.74, 6) is 1.79. The predicted molar refractivity (Wildman–Crippen MR) is 126 cm³/mol. The number of nitrogens with one attached hydrogen (secondary N) is 1. The molecule has 1 aliphatic heterocycles. The molecule has 1 unspecified atom stereocenters. The first-order chi connectivity index (χ1) is 15.7. The van der Waals surface area contributed by atoms with Crippen LogP contribution in [0.5, 0.6) is 5.75 Å². The average molecular weight is 434 g/mol. The summed E-state index contributed by atoms with van der Waals surface area (Å²) in [6.45, 7) is 3.65. The van der Waals surface area contributed by atoms with Crippen LogP contribution >= 0.6 is 0 Å². The summed E-state index contributed by atoms with van der Waals surface area (Å²) in [5.41, 5.74) is 3.53. The van der Waals surface area contributed by atoms with Crippen LogP contribution in [0.4, 0.5) is 0 Å². The van der Waals surface area contributed by atoms with Gasteiger partial charge >= 0.3 is 0 Å². The maximum atomic E-state index is 5.95. The van der Waals surface area contributed by atoms with Crippen molar-refractivity contribution < 1.29 is 9.47 Å². The summed E-state index contributed by atoms with van der Waals surface area (Å²) >= 11 is 0. The van der Waals surface area contributed by atoms with Gasteiger partial charge in [0.25, 0.3) is 0 Å². The van der Waals surface area contributed by atoms with Crippen molar-refractivity contribution in [2.24, 2.45) is 12.0 Å². The van der Waals surface area contributed by atoms with Gasteiger partial charge in [0.1, 0.15) is 18.5 Å². The first-order valence-corrected chi connectivity index (χ1v) is 11.0. The molecule has 0 aliphatic carbocycles. The number of hydrogen-bond acceptors (Lipinski definition) is 4. The van der Waals surface area contributed by atoms with E-state index < -0.39 is 0 Å². The summed E-state index contributed by atoms with van der Waals surface area (Å²) in [4.78, 5) is 6.73. The summed E-state index contributed by atoms with van der Waals surface area (Å²) in [5, 5.41) is 7.76. The van der Waals surface area contributed by atoms with Crippen molar-refractivity contribution in [2.75, 3.05) is 33.3 Å². The van der Waals surface area contributed by atoms with Crippen LogP contribution in [-0.2, 0) is 24.8 Å². The van der Waals surface area contributed by atoms with Gasteiger partial charge in [0.05, 0.1) is 19.3 Å². The molecule has 0 bridgehead atoms. The lowest BCUT2D eigenvalue weighted by atomic mass is 10.1. The van der Waals surface area contributed by atoms with Gasteiger partial charge < -0.3 is 19.7 Å². The quantitative estimate of drug-likeness (QED) is 0.458. The van der Waals surface area contributed by atoms with Crippen LogP contribution < -0.4 is 10.1 Å². The number of guanidine groups is 1. The molecule has 3 aromatic rings. The fraction of sp³-hybridized carbons (Fsp3) is 0.360. The topological polar surface area (TPSA) is 63.9 Å². The normalized spacial score (nSPS) is 16.8. The minimum atomic E-state index is 0.0134. The Morgan fingerprint density at radius 3 is 2.69 bits per heavy atom. The Hall–Kier alpha value is -3.32. The van der Waals surface area contributed by atoms with Crippen LogP contribution in [0.2, 0.25) is 0 Å².